The first-order valence-electron chi connectivity index (χ1n) is 6.42. The number of rotatable bonds is 4. The summed E-state index contributed by atoms with van der Waals surface area (Å²) in [4.78, 5) is 0. The van der Waals surface area contributed by atoms with Gasteiger partial charge in [0.2, 0.25) is 0 Å². The maximum absolute atomic E-state index is 2.34. The van der Waals surface area contributed by atoms with Crippen LogP contribution in [0.1, 0.15) is 30.4 Å². The van der Waals surface area contributed by atoms with E-state index in [0.29, 0.717) is 11.7 Å². The van der Waals surface area contributed by atoms with E-state index in [1.165, 1.54) is 17.5 Å². The normalized spacial score (nSPS) is 12.6. The number of benzene rings is 2. The minimum atomic E-state index is 0.516. The monoisotopic (exact) mass is 222 g/mol. The molecule has 0 aliphatic heterocycles. The highest BCUT2D eigenvalue weighted by Crippen LogP contribution is 2.35. The van der Waals surface area contributed by atoms with Crippen LogP contribution in [-0.4, -0.2) is 7.85 Å². The van der Waals surface area contributed by atoms with E-state index in [9.17, 15) is 0 Å². The highest BCUT2D eigenvalue weighted by molar-refractivity contribution is 6.12. The molecule has 0 nitrogen and oxygen atoms in total. The van der Waals surface area contributed by atoms with Gasteiger partial charge in [0, 0.05) is 5.92 Å². The Labute approximate surface area is 105 Å². The van der Waals surface area contributed by atoms with Crippen molar-refractivity contribution in [2.45, 2.75) is 25.1 Å². The summed E-state index contributed by atoms with van der Waals surface area (Å²) in [6.07, 6.45) is 1.20. The Morgan fingerprint density at radius 1 is 0.824 bits per heavy atom. The predicted octanol–water partition coefficient (Wildman–Crippen LogP) is 3.65. The maximum Gasteiger partial charge on any atom is 0.106 e. The van der Waals surface area contributed by atoms with Gasteiger partial charge in [0.25, 0.3) is 0 Å². The molecule has 2 aromatic carbocycles. The molecule has 1 atom stereocenters. The van der Waals surface area contributed by atoms with Crippen molar-refractivity contribution in [1.82, 2.24) is 0 Å². The highest BCUT2D eigenvalue weighted by atomic mass is 14.2. The van der Waals surface area contributed by atoms with Crippen LogP contribution in [-0.2, 0) is 0 Å². The lowest BCUT2D eigenvalue weighted by atomic mass is 9.69. The molecule has 1 heteroatoms. The van der Waals surface area contributed by atoms with Crippen molar-refractivity contribution in [3.05, 3.63) is 71.8 Å². The van der Waals surface area contributed by atoms with Crippen LogP contribution >= 0.6 is 0 Å². The third kappa shape index (κ3) is 2.79. The van der Waals surface area contributed by atoms with Gasteiger partial charge in [-0.1, -0.05) is 79.8 Å². The van der Waals surface area contributed by atoms with Crippen molar-refractivity contribution in [2.75, 3.05) is 0 Å². The van der Waals surface area contributed by atoms with Gasteiger partial charge >= 0.3 is 0 Å². The Kier molecular flexibility index (Phi) is 4.03. The molecule has 0 N–H and O–H groups in total. The van der Waals surface area contributed by atoms with Crippen LogP contribution in [0.4, 0.5) is 0 Å². The minimum Gasteiger partial charge on any atom is -0.0658 e. The van der Waals surface area contributed by atoms with E-state index in [-0.39, 0.29) is 0 Å². The lowest BCUT2D eigenvalue weighted by Gasteiger charge is -2.24. The molecule has 0 radical (unpaired) electrons. The van der Waals surface area contributed by atoms with Gasteiger partial charge in [-0.25, -0.2) is 0 Å². The fourth-order valence-electron chi connectivity index (χ4n) is 2.41. The summed E-state index contributed by atoms with van der Waals surface area (Å²) in [5, 5.41) is 0. The SMILES string of the molecule is BC(CC)C(c1ccccc1)c1ccccc1. The van der Waals surface area contributed by atoms with E-state index in [2.05, 4.69) is 75.4 Å². The van der Waals surface area contributed by atoms with Crippen molar-refractivity contribution in [3.63, 3.8) is 0 Å². The van der Waals surface area contributed by atoms with E-state index < -0.39 is 0 Å². The van der Waals surface area contributed by atoms with Crippen LogP contribution in [0.15, 0.2) is 60.7 Å². The van der Waals surface area contributed by atoms with E-state index in [4.69, 9.17) is 0 Å². The minimum absolute atomic E-state index is 0.516. The predicted molar refractivity (Wildman–Crippen MR) is 77.3 cm³/mol. The molecule has 0 spiro atoms. The molecule has 0 aliphatic rings. The second kappa shape index (κ2) is 5.72. The lowest BCUT2D eigenvalue weighted by molar-refractivity contribution is 0.696. The van der Waals surface area contributed by atoms with Crippen molar-refractivity contribution in [2.24, 2.45) is 0 Å². The summed E-state index contributed by atoms with van der Waals surface area (Å²) in [5.41, 5.74) is 2.85. The maximum atomic E-state index is 2.34. The Hall–Kier alpha value is -1.50. The Morgan fingerprint density at radius 3 is 1.59 bits per heavy atom. The van der Waals surface area contributed by atoms with Gasteiger partial charge < -0.3 is 0 Å². The second-order valence-corrected chi connectivity index (χ2v) is 4.68. The summed E-state index contributed by atoms with van der Waals surface area (Å²) in [7, 11) is 2.34. The summed E-state index contributed by atoms with van der Waals surface area (Å²) >= 11 is 0. The zero-order valence-electron chi connectivity index (χ0n) is 10.6. The second-order valence-electron chi connectivity index (χ2n) is 4.68. The third-order valence-corrected chi connectivity index (χ3v) is 3.53. The number of hydrogen-bond donors (Lipinski definition) is 0. The first kappa shape index (κ1) is 12.0. The van der Waals surface area contributed by atoms with Crippen molar-refractivity contribution < 1.29 is 0 Å². The average Bonchev–Trinajstić information content (AvgIpc) is 2.41. The summed E-state index contributed by atoms with van der Waals surface area (Å²) < 4.78 is 0. The summed E-state index contributed by atoms with van der Waals surface area (Å²) in [6.45, 7) is 2.27. The molecule has 0 heterocycles. The Bertz CT molecular complexity index is 396. The summed E-state index contributed by atoms with van der Waals surface area (Å²) in [5.74, 6) is 1.18. The molecule has 0 amide bonds. The third-order valence-electron chi connectivity index (χ3n) is 3.53. The van der Waals surface area contributed by atoms with Gasteiger partial charge in [-0.2, -0.15) is 0 Å². The number of hydrogen-bond acceptors (Lipinski definition) is 0. The van der Waals surface area contributed by atoms with Gasteiger partial charge in [0.1, 0.15) is 7.85 Å². The molecule has 2 aromatic rings. The average molecular weight is 222 g/mol. The molecule has 86 valence electrons. The summed E-state index contributed by atoms with van der Waals surface area (Å²) in [6, 6.07) is 21.7. The molecule has 0 saturated carbocycles. The van der Waals surface area contributed by atoms with Crippen molar-refractivity contribution in [3.8, 4) is 0 Å². The fourth-order valence-corrected chi connectivity index (χ4v) is 2.41. The Balaban J connectivity index is 2.39. The Morgan fingerprint density at radius 2 is 1.24 bits per heavy atom. The van der Waals surface area contributed by atoms with E-state index in [1.54, 1.807) is 0 Å². The molecule has 0 saturated heterocycles. The first-order valence-corrected chi connectivity index (χ1v) is 6.42. The molecule has 0 fully saturated rings. The van der Waals surface area contributed by atoms with E-state index in [1.807, 2.05) is 0 Å². The van der Waals surface area contributed by atoms with Crippen molar-refractivity contribution >= 4 is 7.85 Å². The van der Waals surface area contributed by atoms with Gasteiger partial charge in [-0.15, -0.1) is 0 Å². The van der Waals surface area contributed by atoms with Gasteiger partial charge in [0.15, 0.2) is 0 Å². The van der Waals surface area contributed by atoms with Crippen LogP contribution in [0.3, 0.4) is 0 Å². The van der Waals surface area contributed by atoms with E-state index >= 15 is 0 Å². The highest BCUT2D eigenvalue weighted by Gasteiger charge is 2.19. The van der Waals surface area contributed by atoms with Crippen molar-refractivity contribution in [1.29, 1.82) is 0 Å². The molecule has 0 bridgehead atoms. The standard InChI is InChI=1S/C16H19B/c1-2-15(17)16(13-9-5-3-6-10-13)14-11-7-4-8-12-14/h3-12,15-16H,2,17H2,1H3. The lowest BCUT2D eigenvalue weighted by Crippen LogP contribution is -2.08. The van der Waals surface area contributed by atoms with Crippen LogP contribution < -0.4 is 0 Å². The fraction of sp³-hybridized carbons (Fsp3) is 0.250. The molecule has 0 aromatic heterocycles. The molecule has 17 heavy (non-hydrogen) atoms. The molecule has 0 aliphatic carbocycles. The molecular formula is C16H19B. The van der Waals surface area contributed by atoms with Gasteiger partial charge in [-0.3, -0.25) is 0 Å². The smallest absolute Gasteiger partial charge is 0.0658 e. The topological polar surface area (TPSA) is 0 Å². The van der Waals surface area contributed by atoms with Crippen LogP contribution in [0.2, 0.25) is 5.82 Å². The quantitative estimate of drug-likeness (QED) is 0.692. The van der Waals surface area contributed by atoms with Crippen LogP contribution in [0.25, 0.3) is 0 Å². The van der Waals surface area contributed by atoms with Crippen LogP contribution in [0, 0.1) is 0 Å². The van der Waals surface area contributed by atoms with E-state index in [0.717, 1.165) is 0 Å². The largest absolute Gasteiger partial charge is 0.106 e. The van der Waals surface area contributed by atoms with Gasteiger partial charge in [-0.05, 0) is 11.1 Å². The van der Waals surface area contributed by atoms with Gasteiger partial charge in [0.05, 0.1) is 0 Å². The molecule has 2 rings (SSSR count). The first-order chi connectivity index (χ1) is 8.33. The van der Waals surface area contributed by atoms with Crippen LogP contribution in [0.5, 0.6) is 0 Å². The zero-order chi connectivity index (χ0) is 12.1. The molecule has 1 unspecified atom stereocenters. The zero-order valence-corrected chi connectivity index (χ0v) is 10.6. The molecular weight excluding hydrogens is 203 g/mol.